The predicted molar refractivity (Wildman–Crippen MR) is 86.9 cm³/mol. The van der Waals surface area contributed by atoms with Gasteiger partial charge in [0.05, 0.1) is 6.10 Å². The fourth-order valence-corrected chi connectivity index (χ4v) is 2.36. The Morgan fingerprint density at radius 2 is 1.95 bits per heavy atom. The van der Waals surface area contributed by atoms with Crippen LogP contribution in [0.3, 0.4) is 0 Å². The molecule has 2 unspecified atom stereocenters. The number of nitrogens with one attached hydrogen (secondary N) is 1. The Bertz CT molecular complexity index is 374. The van der Waals surface area contributed by atoms with E-state index in [0.29, 0.717) is 6.04 Å². The van der Waals surface area contributed by atoms with E-state index in [4.69, 9.17) is 4.74 Å². The van der Waals surface area contributed by atoms with Crippen LogP contribution in [0.4, 0.5) is 0 Å². The molecule has 0 saturated heterocycles. The number of hydrogen-bond acceptors (Lipinski definition) is 2. The quantitative estimate of drug-likeness (QED) is 0.635. The monoisotopic (exact) mass is 275 g/mol. The molecule has 20 heavy (non-hydrogen) atoms. The zero-order valence-corrected chi connectivity index (χ0v) is 13.2. The van der Waals surface area contributed by atoms with Crippen LogP contribution in [0.5, 0.6) is 0 Å². The maximum Gasteiger partial charge on any atom is 0.0977 e. The third-order valence-corrected chi connectivity index (χ3v) is 3.38. The first-order valence-corrected chi connectivity index (χ1v) is 7.73. The molecule has 0 aliphatic rings. The lowest BCUT2D eigenvalue weighted by Gasteiger charge is -2.28. The van der Waals surface area contributed by atoms with Crippen LogP contribution >= 0.6 is 0 Å². The Balaban J connectivity index is 2.82. The van der Waals surface area contributed by atoms with Gasteiger partial charge in [-0.2, -0.15) is 0 Å². The van der Waals surface area contributed by atoms with E-state index >= 15 is 0 Å². The van der Waals surface area contributed by atoms with Gasteiger partial charge in [0, 0.05) is 12.6 Å². The predicted octanol–water partition coefficient (Wildman–Crippen LogP) is 4.49. The molecule has 0 amide bonds. The summed E-state index contributed by atoms with van der Waals surface area (Å²) >= 11 is 0. The van der Waals surface area contributed by atoms with Gasteiger partial charge in [0.2, 0.25) is 0 Å². The zero-order valence-electron chi connectivity index (χ0n) is 13.2. The summed E-state index contributed by atoms with van der Waals surface area (Å²) in [4.78, 5) is 0. The number of benzene rings is 1. The van der Waals surface area contributed by atoms with Crippen LogP contribution in [0.15, 0.2) is 42.5 Å². The lowest BCUT2D eigenvalue weighted by Crippen LogP contribution is -2.37. The van der Waals surface area contributed by atoms with Crippen LogP contribution in [0.2, 0.25) is 0 Å². The first kappa shape index (κ1) is 16.9. The van der Waals surface area contributed by atoms with Gasteiger partial charge in [0.25, 0.3) is 0 Å². The molecule has 1 aromatic carbocycles. The molecule has 2 nitrogen and oxygen atoms in total. The molecule has 0 aliphatic heterocycles. The van der Waals surface area contributed by atoms with Gasteiger partial charge < -0.3 is 10.1 Å². The summed E-state index contributed by atoms with van der Waals surface area (Å²) in [6.07, 6.45) is 3.36. The molecule has 0 aromatic heterocycles. The van der Waals surface area contributed by atoms with Gasteiger partial charge in [0.1, 0.15) is 0 Å². The summed E-state index contributed by atoms with van der Waals surface area (Å²) in [6.45, 7) is 12.1. The smallest absolute Gasteiger partial charge is 0.0977 e. The van der Waals surface area contributed by atoms with Crippen LogP contribution in [0, 0.1) is 0 Å². The summed E-state index contributed by atoms with van der Waals surface area (Å²) < 4.78 is 6.03. The molecule has 2 heteroatoms. The van der Waals surface area contributed by atoms with Crippen molar-refractivity contribution in [3.8, 4) is 0 Å². The average Bonchev–Trinajstić information content (AvgIpc) is 2.46. The van der Waals surface area contributed by atoms with Gasteiger partial charge >= 0.3 is 0 Å². The fourth-order valence-electron chi connectivity index (χ4n) is 2.36. The number of rotatable bonds is 10. The molecular formula is C18H29NO. The largest absolute Gasteiger partial charge is 0.372 e. The summed E-state index contributed by atoms with van der Waals surface area (Å²) in [5, 5.41) is 3.64. The van der Waals surface area contributed by atoms with Crippen molar-refractivity contribution in [2.75, 3.05) is 13.2 Å². The molecule has 0 spiro atoms. The van der Waals surface area contributed by atoms with Gasteiger partial charge in [-0.25, -0.2) is 0 Å². The summed E-state index contributed by atoms with van der Waals surface area (Å²) in [5.74, 6) is 0. The minimum absolute atomic E-state index is 0.118. The Hall–Kier alpha value is -1.12. The SMILES string of the molecule is C=C(C)CCC(NCCC)C(OCC)c1ccccc1. The van der Waals surface area contributed by atoms with Crippen molar-refractivity contribution in [1.29, 1.82) is 0 Å². The first-order chi connectivity index (χ1) is 9.69. The summed E-state index contributed by atoms with van der Waals surface area (Å²) in [7, 11) is 0. The van der Waals surface area contributed by atoms with Crippen LogP contribution in [-0.4, -0.2) is 19.2 Å². The van der Waals surface area contributed by atoms with Crippen molar-refractivity contribution in [3.05, 3.63) is 48.0 Å². The molecule has 0 radical (unpaired) electrons. The molecule has 0 fully saturated rings. The molecule has 0 aliphatic carbocycles. The molecule has 2 atom stereocenters. The molecule has 1 aromatic rings. The van der Waals surface area contributed by atoms with Crippen molar-refractivity contribution in [2.45, 2.75) is 52.2 Å². The highest BCUT2D eigenvalue weighted by Gasteiger charge is 2.22. The van der Waals surface area contributed by atoms with E-state index in [1.807, 2.05) is 0 Å². The van der Waals surface area contributed by atoms with Gasteiger partial charge in [-0.05, 0) is 45.2 Å². The first-order valence-electron chi connectivity index (χ1n) is 7.73. The highest BCUT2D eigenvalue weighted by Crippen LogP contribution is 2.25. The standard InChI is InChI=1S/C18H29NO/c1-5-14-19-17(13-12-15(3)4)18(20-6-2)16-10-8-7-9-11-16/h7-11,17-19H,3,5-6,12-14H2,1-2,4H3. The van der Waals surface area contributed by atoms with E-state index in [9.17, 15) is 0 Å². The van der Waals surface area contributed by atoms with E-state index in [0.717, 1.165) is 32.4 Å². The topological polar surface area (TPSA) is 21.3 Å². The molecular weight excluding hydrogens is 246 g/mol. The van der Waals surface area contributed by atoms with E-state index in [1.54, 1.807) is 0 Å². The van der Waals surface area contributed by atoms with Crippen molar-refractivity contribution < 1.29 is 4.74 Å². The van der Waals surface area contributed by atoms with Crippen LogP contribution in [0.1, 0.15) is 51.7 Å². The molecule has 1 N–H and O–H groups in total. The minimum atomic E-state index is 0.118. The van der Waals surface area contributed by atoms with Crippen LogP contribution in [-0.2, 0) is 4.74 Å². The van der Waals surface area contributed by atoms with Crippen molar-refractivity contribution >= 4 is 0 Å². The van der Waals surface area contributed by atoms with Crippen molar-refractivity contribution in [3.63, 3.8) is 0 Å². The van der Waals surface area contributed by atoms with Gasteiger partial charge in [-0.1, -0.05) is 42.8 Å². The summed E-state index contributed by atoms with van der Waals surface area (Å²) in [5.41, 5.74) is 2.49. The Kier molecular flexibility index (Phi) is 8.24. The fraction of sp³-hybridized carbons (Fsp3) is 0.556. The van der Waals surface area contributed by atoms with E-state index in [1.165, 1.54) is 11.1 Å². The lowest BCUT2D eigenvalue weighted by atomic mass is 9.96. The Labute approximate surface area is 124 Å². The zero-order chi connectivity index (χ0) is 14.8. The maximum atomic E-state index is 6.03. The van der Waals surface area contributed by atoms with Gasteiger partial charge in [-0.15, -0.1) is 6.58 Å². The van der Waals surface area contributed by atoms with Gasteiger partial charge in [-0.3, -0.25) is 0 Å². The summed E-state index contributed by atoms with van der Waals surface area (Å²) in [6, 6.07) is 10.9. The molecule has 0 saturated carbocycles. The Morgan fingerprint density at radius 3 is 2.50 bits per heavy atom. The number of allylic oxidation sites excluding steroid dienone is 1. The van der Waals surface area contributed by atoms with Crippen LogP contribution in [0.25, 0.3) is 0 Å². The second-order valence-electron chi connectivity index (χ2n) is 5.34. The highest BCUT2D eigenvalue weighted by atomic mass is 16.5. The average molecular weight is 275 g/mol. The van der Waals surface area contributed by atoms with E-state index < -0.39 is 0 Å². The second-order valence-corrected chi connectivity index (χ2v) is 5.34. The second kappa shape index (κ2) is 9.73. The highest BCUT2D eigenvalue weighted by molar-refractivity contribution is 5.19. The maximum absolute atomic E-state index is 6.03. The number of ether oxygens (including phenoxy) is 1. The molecule has 0 bridgehead atoms. The Morgan fingerprint density at radius 1 is 1.25 bits per heavy atom. The minimum Gasteiger partial charge on any atom is -0.372 e. The van der Waals surface area contributed by atoms with E-state index in [-0.39, 0.29) is 6.10 Å². The van der Waals surface area contributed by atoms with Crippen molar-refractivity contribution in [2.24, 2.45) is 0 Å². The van der Waals surface area contributed by atoms with Gasteiger partial charge in [0.15, 0.2) is 0 Å². The van der Waals surface area contributed by atoms with Crippen LogP contribution < -0.4 is 5.32 Å². The molecule has 112 valence electrons. The normalized spacial score (nSPS) is 13.9. The molecule has 0 heterocycles. The third kappa shape index (κ3) is 5.89. The number of hydrogen-bond donors (Lipinski definition) is 1. The van der Waals surface area contributed by atoms with Crippen molar-refractivity contribution in [1.82, 2.24) is 5.32 Å². The van der Waals surface area contributed by atoms with E-state index in [2.05, 4.69) is 63.0 Å². The molecule has 1 rings (SSSR count). The lowest BCUT2D eigenvalue weighted by molar-refractivity contribution is 0.0310. The third-order valence-electron chi connectivity index (χ3n) is 3.38.